The Morgan fingerprint density at radius 2 is 2.09 bits per heavy atom. The number of thiophene rings is 1. The van der Waals surface area contributed by atoms with Crippen molar-refractivity contribution < 1.29 is 4.79 Å². The van der Waals surface area contributed by atoms with Crippen molar-refractivity contribution in [3.05, 3.63) is 53.0 Å². The van der Waals surface area contributed by atoms with Gasteiger partial charge in [-0.2, -0.15) is 5.10 Å². The zero-order valence-corrected chi connectivity index (χ0v) is 13.3. The number of amides is 1. The van der Waals surface area contributed by atoms with Crippen LogP contribution in [0.4, 0.5) is 5.69 Å². The summed E-state index contributed by atoms with van der Waals surface area (Å²) in [6.45, 7) is 0. The highest BCUT2D eigenvalue weighted by atomic mass is 32.2. The van der Waals surface area contributed by atoms with Crippen molar-refractivity contribution in [1.29, 1.82) is 0 Å². The first kappa shape index (κ1) is 13.6. The summed E-state index contributed by atoms with van der Waals surface area (Å²) in [5, 5.41) is 12.3. The SMILES string of the molecule is O=C(Nc1ccccc1)c1[nH]nc2c1CCSc1sccc1-2. The summed E-state index contributed by atoms with van der Waals surface area (Å²) in [7, 11) is 0. The van der Waals surface area contributed by atoms with Crippen LogP contribution >= 0.6 is 23.1 Å². The Morgan fingerprint density at radius 1 is 1.23 bits per heavy atom. The summed E-state index contributed by atoms with van der Waals surface area (Å²) in [4.78, 5) is 12.5. The first-order valence-electron chi connectivity index (χ1n) is 6.97. The van der Waals surface area contributed by atoms with E-state index in [0.29, 0.717) is 5.69 Å². The molecule has 2 N–H and O–H groups in total. The van der Waals surface area contributed by atoms with Gasteiger partial charge in [-0.15, -0.1) is 23.1 Å². The normalized spacial score (nSPS) is 13.1. The van der Waals surface area contributed by atoms with Gasteiger partial charge in [0.2, 0.25) is 0 Å². The van der Waals surface area contributed by atoms with Gasteiger partial charge in [-0.25, -0.2) is 0 Å². The molecular formula is C16H13N3OS2. The molecule has 0 spiro atoms. The maximum atomic E-state index is 12.5. The number of hydrogen-bond acceptors (Lipinski definition) is 4. The number of benzene rings is 1. The molecule has 3 heterocycles. The minimum atomic E-state index is -0.136. The van der Waals surface area contributed by atoms with Gasteiger partial charge >= 0.3 is 0 Å². The topological polar surface area (TPSA) is 57.8 Å². The van der Waals surface area contributed by atoms with Gasteiger partial charge < -0.3 is 5.32 Å². The van der Waals surface area contributed by atoms with Gasteiger partial charge in [0.15, 0.2) is 0 Å². The van der Waals surface area contributed by atoms with Gasteiger partial charge in [0.05, 0.1) is 9.90 Å². The van der Waals surface area contributed by atoms with Gasteiger partial charge in [0, 0.05) is 22.6 Å². The number of hydrogen-bond donors (Lipinski definition) is 2. The lowest BCUT2D eigenvalue weighted by Gasteiger charge is -2.05. The Hall–Kier alpha value is -2.05. The molecule has 0 fully saturated rings. The Bertz CT molecular complexity index is 823. The molecule has 0 bridgehead atoms. The van der Waals surface area contributed by atoms with E-state index in [1.54, 1.807) is 11.3 Å². The number of nitrogens with one attached hydrogen (secondary N) is 2. The van der Waals surface area contributed by atoms with Crippen molar-refractivity contribution in [1.82, 2.24) is 10.2 Å². The van der Waals surface area contributed by atoms with E-state index in [4.69, 9.17) is 0 Å². The fourth-order valence-electron chi connectivity index (χ4n) is 2.56. The summed E-state index contributed by atoms with van der Waals surface area (Å²) in [6.07, 6.45) is 0.843. The molecule has 1 aliphatic rings. The number of nitrogens with zero attached hydrogens (tertiary/aromatic N) is 1. The molecule has 1 aromatic carbocycles. The van der Waals surface area contributed by atoms with Gasteiger partial charge in [0.1, 0.15) is 5.69 Å². The zero-order chi connectivity index (χ0) is 14.9. The van der Waals surface area contributed by atoms with E-state index in [2.05, 4.69) is 27.0 Å². The predicted molar refractivity (Wildman–Crippen MR) is 90.7 cm³/mol. The standard InChI is InChI=1S/C16H13N3OS2/c20-15(17-10-4-2-1-3-5-10)14-11-6-8-21-16-12(7-9-22-16)13(11)18-19-14/h1-5,7,9H,6,8H2,(H,17,20)(H,18,19). The number of fused-ring (bicyclic) bond motifs is 3. The second kappa shape index (κ2) is 5.62. The lowest BCUT2D eigenvalue weighted by Crippen LogP contribution is -2.14. The minimum Gasteiger partial charge on any atom is -0.321 e. The van der Waals surface area contributed by atoms with Gasteiger partial charge in [-0.1, -0.05) is 18.2 Å². The summed E-state index contributed by atoms with van der Waals surface area (Å²) >= 11 is 3.57. The number of aromatic amines is 1. The van der Waals surface area contributed by atoms with Crippen LogP contribution in [-0.2, 0) is 6.42 Å². The van der Waals surface area contributed by atoms with Crippen LogP contribution < -0.4 is 5.32 Å². The van der Waals surface area contributed by atoms with Crippen LogP contribution in [0.25, 0.3) is 11.3 Å². The van der Waals surface area contributed by atoms with Crippen molar-refractivity contribution in [2.24, 2.45) is 0 Å². The zero-order valence-electron chi connectivity index (χ0n) is 11.6. The molecule has 0 saturated heterocycles. The highest BCUT2D eigenvalue weighted by Gasteiger charge is 2.24. The first-order chi connectivity index (χ1) is 10.8. The molecule has 0 unspecified atom stereocenters. The van der Waals surface area contributed by atoms with Gasteiger partial charge in [0.25, 0.3) is 5.91 Å². The minimum absolute atomic E-state index is 0.136. The molecule has 110 valence electrons. The molecule has 1 aliphatic heterocycles. The monoisotopic (exact) mass is 327 g/mol. The van der Waals surface area contributed by atoms with E-state index in [0.717, 1.165) is 34.7 Å². The van der Waals surface area contributed by atoms with Crippen LogP contribution in [0.3, 0.4) is 0 Å². The van der Waals surface area contributed by atoms with Crippen LogP contribution in [0.15, 0.2) is 46.0 Å². The van der Waals surface area contributed by atoms with Crippen molar-refractivity contribution in [2.45, 2.75) is 10.6 Å². The Kier molecular flexibility index (Phi) is 3.48. The molecule has 3 aromatic rings. The summed E-state index contributed by atoms with van der Waals surface area (Å²) in [5.41, 5.74) is 4.42. The van der Waals surface area contributed by atoms with E-state index in [1.807, 2.05) is 42.1 Å². The van der Waals surface area contributed by atoms with E-state index >= 15 is 0 Å². The average Bonchev–Trinajstić information content (AvgIpc) is 3.12. The van der Waals surface area contributed by atoms with Crippen LogP contribution in [0.2, 0.25) is 0 Å². The quantitative estimate of drug-likeness (QED) is 0.747. The predicted octanol–water partition coefficient (Wildman–Crippen LogP) is 4.04. The molecule has 2 aromatic heterocycles. The Morgan fingerprint density at radius 3 is 2.95 bits per heavy atom. The molecule has 22 heavy (non-hydrogen) atoms. The number of thioether (sulfide) groups is 1. The molecule has 0 aliphatic carbocycles. The van der Waals surface area contributed by atoms with Crippen molar-refractivity contribution in [2.75, 3.05) is 11.1 Å². The number of para-hydroxylation sites is 1. The third kappa shape index (κ3) is 2.34. The van der Waals surface area contributed by atoms with Crippen LogP contribution in [-0.4, -0.2) is 21.9 Å². The molecule has 6 heteroatoms. The largest absolute Gasteiger partial charge is 0.321 e. The summed E-state index contributed by atoms with van der Waals surface area (Å²) < 4.78 is 1.28. The maximum Gasteiger partial charge on any atom is 0.273 e. The van der Waals surface area contributed by atoms with E-state index < -0.39 is 0 Å². The molecule has 0 radical (unpaired) electrons. The second-order valence-electron chi connectivity index (χ2n) is 4.97. The lowest BCUT2D eigenvalue weighted by molar-refractivity contribution is 0.102. The van der Waals surface area contributed by atoms with Gasteiger partial charge in [-0.05, 0) is 30.0 Å². The van der Waals surface area contributed by atoms with E-state index in [-0.39, 0.29) is 5.91 Å². The van der Waals surface area contributed by atoms with Crippen LogP contribution in [0, 0.1) is 0 Å². The van der Waals surface area contributed by atoms with Crippen molar-refractivity contribution in [3.8, 4) is 11.3 Å². The fraction of sp³-hybridized carbons (Fsp3) is 0.125. The van der Waals surface area contributed by atoms with Crippen LogP contribution in [0.5, 0.6) is 0 Å². The smallest absolute Gasteiger partial charge is 0.273 e. The highest BCUT2D eigenvalue weighted by molar-refractivity contribution is 8.01. The van der Waals surface area contributed by atoms with Crippen molar-refractivity contribution >= 4 is 34.7 Å². The lowest BCUT2D eigenvalue weighted by atomic mass is 10.1. The highest BCUT2D eigenvalue weighted by Crippen LogP contribution is 2.40. The number of H-pyrrole nitrogens is 1. The Labute approximate surface area is 136 Å². The summed E-state index contributed by atoms with van der Waals surface area (Å²) in [6, 6.07) is 11.6. The molecule has 4 nitrogen and oxygen atoms in total. The number of carbonyl (C=O) groups excluding carboxylic acids is 1. The third-order valence-electron chi connectivity index (χ3n) is 3.60. The van der Waals surface area contributed by atoms with E-state index in [9.17, 15) is 4.79 Å². The molecular weight excluding hydrogens is 314 g/mol. The Balaban J connectivity index is 1.69. The molecule has 1 amide bonds. The summed E-state index contributed by atoms with van der Waals surface area (Å²) in [5.74, 6) is 0.828. The third-order valence-corrected chi connectivity index (χ3v) is 5.83. The van der Waals surface area contributed by atoms with Crippen LogP contribution in [0.1, 0.15) is 16.1 Å². The fourth-order valence-corrected chi connectivity index (χ4v) is 4.68. The first-order valence-corrected chi connectivity index (χ1v) is 8.84. The number of aromatic nitrogens is 2. The number of anilines is 1. The second-order valence-corrected chi connectivity index (χ2v) is 7.25. The van der Waals surface area contributed by atoms with Gasteiger partial charge in [-0.3, -0.25) is 9.89 Å². The molecule has 0 saturated carbocycles. The maximum absolute atomic E-state index is 12.5. The number of rotatable bonds is 2. The molecule has 4 rings (SSSR count). The number of carbonyl (C=O) groups is 1. The van der Waals surface area contributed by atoms with E-state index in [1.165, 1.54) is 4.21 Å². The average molecular weight is 327 g/mol. The van der Waals surface area contributed by atoms with Crippen molar-refractivity contribution in [3.63, 3.8) is 0 Å². The molecule has 0 atom stereocenters.